The molecule has 0 N–H and O–H groups in total. The van der Waals surface area contributed by atoms with Crippen LogP contribution in [0.3, 0.4) is 0 Å². The Labute approximate surface area is 107 Å². The maximum absolute atomic E-state index is 12.1. The molecule has 2 aromatic rings. The van der Waals surface area contributed by atoms with Gasteiger partial charge in [-0.05, 0) is 18.2 Å². The largest absolute Gasteiger partial charge is 0.450 e. The number of fused-ring (bicyclic) bond motifs is 1. The van der Waals surface area contributed by atoms with Crippen LogP contribution >= 0.6 is 27.3 Å². The van der Waals surface area contributed by atoms with Gasteiger partial charge in [-0.25, -0.2) is 4.98 Å². The van der Waals surface area contributed by atoms with Gasteiger partial charge in [-0.2, -0.15) is 13.2 Å². The maximum atomic E-state index is 12.1. The molecule has 0 bridgehead atoms. The minimum atomic E-state index is -4.79. The first-order valence-corrected chi connectivity index (χ1v) is 6.12. The molecule has 0 amide bonds. The highest BCUT2D eigenvalue weighted by atomic mass is 79.9. The van der Waals surface area contributed by atoms with E-state index < -0.39 is 18.4 Å². The minimum absolute atomic E-state index is 0.181. The van der Waals surface area contributed by atoms with E-state index in [2.05, 4.69) is 20.9 Å². The van der Waals surface area contributed by atoms with Crippen LogP contribution in [0.1, 0.15) is 5.01 Å². The molecule has 0 aliphatic rings. The molecule has 0 fully saturated rings. The molecule has 0 aliphatic heterocycles. The zero-order chi connectivity index (χ0) is 12.6. The van der Waals surface area contributed by atoms with Gasteiger partial charge in [-0.1, -0.05) is 15.9 Å². The first-order valence-electron chi connectivity index (χ1n) is 4.51. The lowest BCUT2D eigenvalue weighted by Crippen LogP contribution is -2.24. The summed E-state index contributed by atoms with van der Waals surface area (Å²) >= 11 is 4.34. The number of nitrogens with zero attached hydrogens (tertiary/aromatic N) is 1. The molecular formula is C10H5BrF3NOS. The number of hydrogen-bond donors (Lipinski definition) is 0. The summed E-state index contributed by atoms with van der Waals surface area (Å²) < 4.78 is 37.8. The second kappa shape index (κ2) is 4.38. The first kappa shape index (κ1) is 12.5. The quantitative estimate of drug-likeness (QED) is 0.842. The van der Waals surface area contributed by atoms with Gasteiger partial charge in [0.1, 0.15) is 5.01 Å². The Morgan fingerprint density at radius 2 is 2.12 bits per heavy atom. The summed E-state index contributed by atoms with van der Waals surface area (Å²) in [6.07, 6.45) is -5.49. The van der Waals surface area contributed by atoms with Crippen molar-refractivity contribution >= 4 is 43.3 Å². The van der Waals surface area contributed by atoms with E-state index >= 15 is 0 Å². The van der Waals surface area contributed by atoms with Crippen LogP contribution < -0.4 is 0 Å². The van der Waals surface area contributed by atoms with Crippen molar-refractivity contribution in [3.63, 3.8) is 0 Å². The van der Waals surface area contributed by atoms with Gasteiger partial charge in [0.05, 0.1) is 16.6 Å². The van der Waals surface area contributed by atoms with Crippen molar-refractivity contribution in [2.45, 2.75) is 12.6 Å². The summed E-state index contributed by atoms with van der Waals surface area (Å²) in [4.78, 5) is 14.8. The second-order valence-corrected chi connectivity index (χ2v) is 5.35. The molecule has 1 aromatic carbocycles. The lowest BCUT2D eigenvalue weighted by Gasteiger charge is -2.01. The number of alkyl halides is 3. The predicted octanol–water partition coefficient (Wildman–Crippen LogP) is 3.73. The standard InChI is InChI=1S/C10H5BrF3NOS/c11-5-1-2-7-6(3-5)15-9(17-7)4-8(16)10(12,13)14/h1-3H,4H2. The van der Waals surface area contributed by atoms with Crippen LogP contribution in [-0.4, -0.2) is 16.9 Å². The van der Waals surface area contributed by atoms with Crippen LogP contribution in [0.4, 0.5) is 13.2 Å². The van der Waals surface area contributed by atoms with Crippen LogP contribution in [0.5, 0.6) is 0 Å². The Bertz CT molecular complexity index is 578. The Morgan fingerprint density at radius 3 is 2.76 bits per heavy atom. The van der Waals surface area contributed by atoms with Crippen LogP contribution in [0.15, 0.2) is 22.7 Å². The highest BCUT2D eigenvalue weighted by molar-refractivity contribution is 9.10. The lowest BCUT2D eigenvalue weighted by molar-refractivity contribution is -0.170. The molecule has 0 saturated carbocycles. The van der Waals surface area contributed by atoms with Crippen molar-refractivity contribution in [2.24, 2.45) is 0 Å². The van der Waals surface area contributed by atoms with E-state index in [1.165, 1.54) is 0 Å². The van der Waals surface area contributed by atoms with Gasteiger partial charge >= 0.3 is 6.18 Å². The van der Waals surface area contributed by atoms with Gasteiger partial charge in [0.25, 0.3) is 0 Å². The van der Waals surface area contributed by atoms with E-state index in [9.17, 15) is 18.0 Å². The Hall–Kier alpha value is -0.950. The van der Waals surface area contributed by atoms with Gasteiger partial charge in [-0.3, -0.25) is 4.79 Å². The van der Waals surface area contributed by atoms with E-state index in [0.717, 1.165) is 20.5 Å². The third kappa shape index (κ3) is 2.84. The summed E-state index contributed by atoms with van der Waals surface area (Å²) in [6, 6.07) is 5.22. The van der Waals surface area contributed by atoms with Crippen LogP contribution in [0, 0.1) is 0 Å². The molecule has 0 atom stereocenters. The van der Waals surface area contributed by atoms with Gasteiger partial charge < -0.3 is 0 Å². The number of carbonyl (C=O) groups is 1. The number of thiazole rings is 1. The van der Waals surface area contributed by atoms with Crippen molar-refractivity contribution < 1.29 is 18.0 Å². The van der Waals surface area contributed by atoms with E-state index in [0.29, 0.717) is 5.52 Å². The number of rotatable bonds is 2. The number of halogens is 4. The number of hydrogen-bond acceptors (Lipinski definition) is 3. The average Bonchev–Trinajstić information content (AvgIpc) is 2.57. The maximum Gasteiger partial charge on any atom is 0.450 e. The molecule has 0 saturated heterocycles. The topological polar surface area (TPSA) is 30.0 Å². The molecule has 2 nitrogen and oxygen atoms in total. The van der Waals surface area contributed by atoms with Gasteiger partial charge in [0, 0.05) is 4.47 Å². The van der Waals surface area contributed by atoms with Crippen molar-refractivity contribution in [1.29, 1.82) is 0 Å². The Balaban J connectivity index is 2.29. The number of aromatic nitrogens is 1. The normalized spacial score (nSPS) is 12.0. The predicted molar refractivity (Wildman–Crippen MR) is 62.1 cm³/mol. The molecule has 7 heteroatoms. The average molecular weight is 324 g/mol. The Morgan fingerprint density at radius 1 is 1.41 bits per heavy atom. The van der Waals surface area contributed by atoms with E-state index in [-0.39, 0.29) is 5.01 Å². The molecule has 0 radical (unpaired) electrons. The number of Topliss-reactive ketones (excluding diaryl/α,β-unsaturated/α-hetero) is 1. The number of carbonyl (C=O) groups excluding carboxylic acids is 1. The molecule has 1 aromatic heterocycles. The van der Waals surface area contributed by atoms with Crippen molar-refractivity contribution in [1.82, 2.24) is 4.98 Å². The first-order chi connectivity index (χ1) is 7.86. The molecule has 0 aliphatic carbocycles. The smallest absolute Gasteiger partial charge is 0.289 e. The van der Waals surface area contributed by atoms with Gasteiger partial charge in [-0.15, -0.1) is 11.3 Å². The molecular weight excluding hydrogens is 319 g/mol. The minimum Gasteiger partial charge on any atom is -0.289 e. The fourth-order valence-corrected chi connectivity index (χ4v) is 2.56. The van der Waals surface area contributed by atoms with Crippen molar-refractivity contribution in [2.75, 3.05) is 0 Å². The zero-order valence-electron chi connectivity index (χ0n) is 8.21. The zero-order valence-corrected chi connectivity index (χ0v) is 10.6. The van der Waals surface area contributed by atoms with Gasteiger partial charge in [0.15, 0.2) is 0 Å². The van der Waals surface area contributed by atoms with Gasteiger partial charge in [0.2, 0.25) is 5.78 Å². The fraction of sp³-hybridized carbons (Fsp3) is 0.200. The van der Waals surface area contributed by atoms with Crippen LogP contribution in [-0.2, 0) is 11.2 Å². The third-order valence-electron chi connectivity index (χ3n) is 2.02. The fourth-order valence-electron chi connectivity index (χ4n) is 1.26. The van der Waals surface area contributed by atoms with E-state index in [4.69, 9.17) is 0 Å². The number of ketones is 1. The van der Waals surface area contributed by atoms with Crippen LogP contribution in [0.25, 0.3) is 10.2 Å². The molecule has 0 unspecified atom stereocenters. The molecule has 90 valence electrons. The van der Waals surface area contributed by atoms with E-state index in [1.54, 1.807) is 18.2 Å². The summed E-state index contributed by atoms with van der Waals surface area (Å²) in [5, 5.41) is 0.181. The molecule has 1 heterocycles. The Kier molecular flexibility index (Phi) is 3.22. The summed E-state index contributed by atoms with van der Waals surface area (Å²) in [7, 11) is 0. The summed E-state index contributed by atoms with van der Waals surface area (Å²) in [5.41, 5.74) is 0.592. The van der Waals surface area contributed by atoms with E-state index in [1.807, 2.05) is 0 Å². The molecule has 17 heavy (non-hydrogen) atoms. The van der Waals surface area contributed by atoms with Crippen LogP contribution in [0.2, 0.25) is 0 Å². The summed E-state index contributed by atoms with van der Waals surface area (Å²) in [5.74, 6) is -1.77. The highest BCUT2D eigenvalue weighted by Crippen LogP contribution is 2.27. The number of benzene rings is 1. The summed E-state index contributed by atoms with van der Waals surface area (Å²) in [6.45, 7) is 0. The SMILES string of the molecule is O=C(Cc1nc2cc(Br)ccc2s1)C(F)(F)F. The molecule has 0 spiro atoms. The monoisotopic (exact) mass is 323 g/mol. The third-order valence-corrected chi connectivity index (χ3v) is 3.55. The lowest BCUT2D eigenvalue weighted by atomic mass is 10.3. The highest BCUT2D eigenvalue weighted by Gasteiger charge is 2.38. The molecule has 2 rings (SSSR count). The van der Waals surface area contributed by atoms with Crippen molar-refractivity contribution in [3.05, 3.63) is 27.7 Å². The second-order valence-electron chi connectivity index (χ2n) is 3.32. The van der Waals surface area contributed by atoms with Crippen molar-refractivity contribution in [3.8, 4) is 0 Å².